The van der Waals surface area contributed by atoms with Gasteiger partial charge < -0.3 is 5.32 Å². The van der Waals surface area contributed by atoms with Crippen molar-refractivity contribution in [2.45, 2.75) is 25.8 Å². The van der Waals surface area contributed by atoms with Gasteiger partial charge in [-0.25, -0.2) is 4.39 Å². The van der Waals surface area contributed by atoms with Crippen LogP contribution in [-0.2, 0) is 6.42 Å². The third-order valence-electron chi connectivity index (χ3n) is 3.91. The van der Waals surface area contributed by atoms with E-state index >= 15 is 0 Å². The molecule has 0 bridgehead atoms. The van der Waals surface area contributed by atoms with Gasteiger partial charge in [0.15, 0.2) is 0 Å². The second-order valence-corrected chi connectivity index (χ2v) is 6.10. The van der Waals surface area contributed by atoms with E-state index in [2.05, 4.69) is 40.3 Å². The summed E-state index contributed by atoms with van der Waals surface area (Å²) in [6.07, 6.45) is 2.20. The predicted molar refractivity (Wildman–Crippen MR) is 84.3 cm³/mol. The van der Waals surface area contributed by atoms with E-state index in [1.165, 1.54) is 17.2 Å². The Morgan fingerprint density at radius 2 is 2.10 bits per heavy atom. The molecule has 1 unspecified atom stereocenters. The molecule has 3 heteroatoms. The van der Waals surface area contributed by atoms with Crippen LogP contribution in [0.2, 0.25) is 0 Å². The first kappa shape index (κ1) is 13.8. The van der Waals surface area contributed by atoms with Gasteiger partial charge in [0.05, 0.1) is 0 Å². The average Bonchev–Trinajstić information content (AvgIpc) is 2.84. The molecule has 0 saturated heterocycles. The van der Waals surface area contributed by atoms with Gasteiger partial charge in [-0.15, -0.1) is 0 Å². The molecule has 2 aromatic rings. The lowest BCUT2D eigenvalue weighted by Crippen LogP contribution is -2.18. The molecule has 0 heterocycles. The highest BCUT2D eigenvalue weighted by atomic mass is 79.9. The summed E-state index contributed by atoms with van der Waals surface area (Å²) in [4.78, 5) is 0. The minimum atomic E-state index is -0.172. The molecule has 0 aliphatic heterocycles. The van der Waals surface area contributed by atoms with Crippen molar-refractivity contribution in [1.29, 1.82) is 0 Å². The first-order valence-corrected chi connectivity index (χ1v) is 7.80. The predicted octanol–water partition coefficient (Wildman–Crippen LogP) is 4.85. The maximum Gasteiger partial charge on any atom is 0.131 e. The minimum Gasteiger partial charge on any atom is -0.310 e. The summed E-state index contributed by atoms with van der Waals surface area (Å²) >= 11 is 3.41. The molecule has 20 heavy (non-hydrogen) atoms. The molecule has 1 aliphatic rings. The van der Waals surface area contributed by atoms with E-state index in [4.69, 9.17) is 0 Å². The highest BCUT2D eigenvalue weighted by Crippen LogP contribution is 2.35. The van der Waals surface area contributed by atoms with Crippen LogP contribution in [0.15, 0.2) is 40.9 Å². The number of aryl methyl sites for hydroxylation is 1. The van der Waals surface area contributed by atoms with Crippen LogP contribution in [0.1, 0.15) is 30.5 Å². The zero-order valence-electron chi connectivity index (χ0n) is 11.4. The summed E-state index contributed by atoms with van der Waals surface area (Å²) < 4.78 is 14.9. The summed E-state index contributed by atoms with van der Waals surface area (Å²) in [6, 6.07) is 11.8. The van der Waals surface area contributed by atoms with Crippen LogP contribution in [0.25, 0.3) is 11.1 Å². The Kier molecular flexibility index (Phi) is 3.90. The van der Waals surface area contributed by atoms with Crippen molar-refractivity contribution < 1.29 is 4.39 Å². The van der Waals surface area contributed by atoms with Crippen LogP contribution >= 0.6 is 15.9 Å². The lowest BCUT2D eigenvalue weighted by molar-refractivity contribution is 0.549. The van der Waals surface area contributed by atoms with Crippen molar-refractivity contribution in [3.05, 3.63) is 57.8 Å². The summed E-state index contributed by atoms with van der Waals surface area (Å²) in [5, 5.41) is 3.50. The molecule has 3 rings (SSSR count). The molecule has 0 saturated carbocycles. The van der Waals surface area contributed by atoms with E-state index in [1.807, 2.05) is 12.1 Å². The van der Waals surface area contributed by atoms with E-state index in [0.29, 0.717) is 11.6 Å². The number of hydrogen-bond donors (Lipinski definition) is 1. The Morgan fingerprint density at radius 1 is 1.25 bits per heavy atom. The molecule has 0 spiro atoms. The minimum absolute atomic E-state index is 0.172. The van der Waals surface area contributed by atoms with Gasteiger partial charge in [0, 0.05) is 16.1 Å². The molecule has 2 aromatic carbocycles. The van der Waals surface area contributed by atoms with Crippen molar-refractivity contribution in [3.8, 4) is 11.1 Å². The first-order chi connectivity index (χ1) is 9.69. The Morgan fingerprint density at radius 3 is 2.90 bits per heavy atom. The molecule has 0 radical (unpaired) electrons. The van der Waals surface area contributed by atoms with Gasteiger partial charge in [-0.2, -0.15) is 0 Å². The van der Waals surface area contributed by atoms with Crippen LogP contribution in [-0.4, -0.2) is 6.54 Å². The zero-order valence-corrected chi connectivity index (χ0v) is 13.0. The SMILES string of the molecule is CCNC1CCc2cc(-c3cc(Br)ccc3F)ccc21. The van der Waals surface area contributed by atoms with Crippen LogP contribution in [0, 0.1) is 5.82 Å². The Bertz CT molecular complexity index is 639. The summed E-state index contributed by atoms with van der Waals surface area (Å²) in [7, 11) is 0. The Hall–Kier alpha value is -1.19. The molecule has 104 valence electrons. The van der Waals surface area contributed by atoms with Gasteiger partial charge in [-0.3, -0.25) is 0 Å². The number of halogens is 2. The zero-order chi connectivity index (χ0) is 14.1. The van der Waals surface area contributed by atoms with Crippen molar-refractivity contribution in [3.63, 3.8) is 0 Å². The van der Waals surface area contributed by atoms with Crippen molar-refractivity contribution in [2.24, 2.45) is 0 Å². The van der Waals surface area contributed by atoms with E-state index in [0.717, 1.165) is 29.4 Å². The van der Waals surface area contributed by atoms with Gasteiger partial charge in [0.25, 0.3) is 0 Å². The second-order valence-electron chi connectivity index (χ2n) is 5.19. The third kappa shape index (κ3) is 2.52. The van der Waals surface area contributed by atoms with Crippen LogP contribution in [0.3, 0.4) is 0 Å². The monoisotopic (exact) mass is 333 g/mol. The van der Waals surface area contributed by atoms with E-state index in [-0.39, 0.29) is 5.82 Å². The first-order valence-electron chi connectivity index (χ1n) is 7.00. The van der Waals surface area contributed by atoms with Crippen molar-refractivity contribution >= 4 is 15.9 Å². The van der Waals surface area contributed by atoms with Gasteiger partial charge in [-0.1, -0.05) is 41.1 Å². The van der Waals surface area contributed by atoms with Crippen molar-refractivity contribution in [2.75, 3.05) is 6.54 Å². The van der Waals surface area contributed by atoms with E-state index < -0.39 is 0 Å². The fourth-order valence-corrected chi connectivity index (χ4v) is 3.32. The smallest absolute Gasteiger partial charge is 0.131 e. The molecule has 0 amide bonds. The summed E-state index contributed by atoms with van der Waals surface area (Å²) in [5.41, 5.74) is 4.33. The fourth-order valence-electron chi connectivity index (χ4n) is 2.96. The standard InChI is InChI=1S/C17H17BrFN/c1-2-20-17-8-4-11-9-12(3-6-14(11)17)15-10-13(18)5-7-16(15)19/h3,5-7,9-10,17,20H,2,4,8H2,1H3. The van der Waals surface area contributed by atoms with E-state index in [1.54, 1.807) is 6.07 Å². The fraction of sp³-hybridized carbons (Fsp3) is 0.294. The molecule has 0 fully saturated rings. The lowest BCUT2D eigenvalue weighted by Gasteiger charge is -2.13. The van der Waals surface area contributed by atoms with Gasteiger partial charge in [-0.05, 0) is 54.3 Å². The second kappa shape index (κ2) is 5.66. The third-order valence-corrected chi connectivity index (χ3v) is 4.40. The molecule has 0 aromatic heterocycles. The average molecular weight is 334 g/mol. The Labute approximate surface area is 127 Å². The molecule has 1 N–H and O–H groups in total. The highest BCUT2D eigenvalue weighted by Gasteiger charge is 2.22. The summed E-state index contributed by atoms with van der Waals surface area (Å²) in [5.74, 6) is -0.172. The number of hydrogen-bond acceptors (Lipinski definition) is 1. The largest absolute Gasteiger partial charge is 0.310 e. The molecule has 1 nitrogen and oxygen atoms in total. The van der Waals surface area contributed by atoms with Gasteiger partial charge in [0.1, 0.15) is 5.82 Å². The number of rotatable bonds is 3. The number of benzene rings is 2. The maximum absolute atomic E-state index is 14.0. The number of nitrogens with one attached hydrogen (secondary N) is 1. The molecular formula is C17H17BrFN. The van der Waals surface area contributed by atoms with Crippen LogP contribution in [0.5, 0.6) is 0 Å². The highest BCUT2D eigenvalue weighted by molar-refractivity contribution is 9.10. The topological polar surface area (TPSA) is 12.0 Å². The van der Waals surface area contributed by atoms with Gasteiger partial charge >= 0.3 is 0 Å². The lowest BCUT2D eigenvalue weighted by atomic mass is 9.99. The molecular weight excluding hydrogens is 317 g/mol. The maximum atomic E-state index is 14.0. The Balaban J connectivity index is 1.99. The normalized spacial score (nSPS) is 17.2. The van der Waals surface area contributed by atoms with Crippen LogP contribution in [0.4, 0.5) is 4.39 Å². The number of fused-ring (bicyclic) bond motifs is 1. The quantitative estimate of drug-likeness (QED) is 0.846. The van der Waals surface area contributed by atoms with Crippen molar-refractivity contribution in [1.82, 2.24) is 5.32 Å². The van der Waals surface area contributed by atoms with Gasteiger partial charge in [0.2, 0.25) is 0 Å². The summed E-state index contributed by atoms with van der Waals surface area (Å²) in [6.45, 7) is 3.11. The molecule has 1 atom stereocenters. The van der Waals surface area contributed by atoms with Crippen LogP contribution < -0.4 is 5.32 Å². The molecule has 1 aliphatic carbocycles. The van der Waals surface area contributed by atoms with E-state index in [9.17, 15) is 4.39 Å².